The third kappa shape index (κ3) is 2.59. The SMILES string of the molecule is NC(=O)CNc1cc(F)c(C(=O)O)cc1N. The first kappa shape index (κ1) is 11.8. The number of primary amides is 1. The van der Waals surface area contributed by atoms with Crippen LogP contribution >= 0.6 is 0 Å². The van der Waals surface area contributed by atoms with Crippen molar-refractivity contribution in [2.75, 3.05) is 17.6 Å². The van der Waals surface area contributed by atoms with Gasteiger partial charge in [0.25, 0.3) is 0 Å². The molecule has 0 bridgehead atoms. The monoisotopic (exact) mass is 227 g/mol. The van der Waals surface area contributed by atoms with Crippen molar-refractivity contribution in [1.82, 2.24) is 0 Å². The van der Waals surface area contributed by atoms with Gasteiger partial charge in [-0.15, -0.1) is 0 Å². The van der Waals surface area contributed by atoms with Gasteiger partial charge in [-0.2, -0.15) is 0 Å². The van der Waals surface area contributed by atoms with Crippen LogP contribution in [0.5, 0.6) is 0 Å². The number of hydrogen-bond donors (Lipinski definition) is 4. The fourth-order valence-corrected chi connectivity index (χ4v) is 1.09. The van der Waals surface area contributed by atoms with Crippen molar-refractivity contribution < 1.29 is 19.1 Å². The molecule has 6 N–H and O–H groups in total. The molecule has 7 heteroatoms. The maximum atomic E-state index is 13.2. The van der Waals surface area contributed by atoms with Gasteiger partial charge in [0.1, 0.15) is 5.82 Å². The van der Waals surface area contributed by atoms with Crippen LogP contribution in [0.1, 0.15) is 10.4 Å². The normalized spacial score (nSPS) is 9.81. The van der Waals surface area contributed by atoms with Crippen LogP contribution in [0.3, 0.4) is 0 Å². The number of nitrogen functional groups attached to an aromatic ring is 1. The molecule has 0 aromatic heterocycles. The molecule has 0 unspecified atom stereocenters. The number of anilines is 2. The summed E-state index contributed by atoms with van der Waals surface area (Å²) >= 11 is 0. The van der Waals surface area contributed by atoms with Gasteiger partial charge in [-0.25, -0.2) is 9.18 Å². The lowest BCUT2D eigenvalue weighted by molar-refractivity contribution is -0.116. The predicted molar refractivity (Wildman–Crippen MR) is 55.5 cm³/mol. The fraction of sp³-hybridized carbons (Fsp3) is 0.111. The second-order valence-electron chi connectivity index (χ2n) is 3.04. The van der Waals surface area contributed by atoms with Gasteiger partial charge in [-0.3, -0.25) is 4.79 Å². The Bertz CT molecular complexity index is 448. The fourth-order valence-electron chi connectivity index (χ4n) is 1.09. The van der Waals surface area contributed by atoms with Crippen molar-refractivity contribution >= 4 is 23.3 Å². The van der Waals surface area contributed by atoms with Crippen LogP contribution in [0.2, 0.25) is 0 Å². The quantitative estimate of drug-likeness (QED) is 0.540. The minimum atomic E-state index is -1.41. The first-order valence-corrected chi connectivity index (χ1v) is 4.26. The summed E-state index contributed by atoms with van der Waals surface area (Å²) in [5.41, 5.74) is 9.97. The maximum Gasteiger partial charge on any atom is 0.338 e. The Balaban J connectivity index is 3.01. The van der Waals surface area contributed by atoms with Gasteiger partial charge in [0, 0.05) is 0 Å². The minimum Gasteiger partial charge on any atom is -0.478 e. The van der Waals surface area contributed by atoms with Gasteiger partial charge in [-0.1, -0.05) is 0 Å². The third-order valence-corrected chi connectivity index (χ3v) is 1.82. The first-order chi connectivity index (χ1) is 7.41. The highest BCUT2D eigenvalue weighted by Gasteiger charge is 2.13. The predicted octanol–water partition coefficient (Wildman–Crippen LogP) is 0.00330. The molecule has 0 aliphatic heterocycles. The number of aromatic carboxylic acids is 1. The van der Waals surface area contributed by atoms with Crippen LogP contribution in [0.25, 0.3) is 0 Å². The summed E-state index contributed by atoms with van der Waals surface area (Å²) in [4.78, 5) is 21.0. The largest absolute Gasteiger partial charge is 0.478 e. The molecule has 86 valence electrons. The second kappa shape index (κ2) is 4.47. The van der Waals surface area contributed by atoms with Crippen LogP contribution in [0.4, 0.5) is 15.8 Å². The van der Waals surface area contributed by atoms with Crippen molar-refractivity contribution in [3.05, 3.63) is 23.5 Å². The Hall–Kier alpha value is -2.31. The van der Waals surface area contributed by atoms with E-state index in [1.54, 1.807) is 0 Å². The highest BCUT2D eigenvalue weighted by molar-refractivity contribution is 5.91. The summed E-state index contributed by atoms with van der Waals surface area (Å²) < 4.78 is 13.2. The molecule has 0 fully saturated rings. The number of carboxylic acids is 1. The number of halogens is 1. The Kier molecular flexibility index (Phi) is 3.29. The number of nitrogens with two attached hydrogens (primary N) is 2. The van der Waals surface area contributed by atoms with Gasteiger partial charge < -0.3 is 21.9 Å². The smallest absolute Gasteiger partial charge is 0.338 e. The molecule has 0 aliphatic rings. The van der Waals surface area contributed by atoms with E-state index in [1.807, 2.05) is 0 Å². The minimum absolute atomic E-state index is 0.0278. The number of rotatable bonds is 4. The van der Waals surface area contributed by atoms with Crippen LogP contribution < -0.4 is 16.8 Å². The molecule has 0 spiro atoms. The number of carbonyl (C=O) groups is 2. The van der Waals surface area contributed by atoms with E-state index in [9.17, 15) is 14.0 Å². The number of carboxylic acid groups (broad SMARTS) is 1. The average molecular weight is 227 g/mol. The highest BCUT2D eigenvalue weighted by Crippen LogP contribution is 2.22. The zero-order valence-electron chi connectivity index (χ0n) is 8.16. The lowest BCUT2D eigenvalue weighted by Crippen LogP contribution is -2.22. The van der Waals surface area contributed by atoms with E-state index < -0.39 is 23.3 Å². The summed E-state index contributed by atoms with van der Waals surface area (Å²) in [5, 5.41) is 11.1. The number of carbonyl (C=O) groups excluding carboxylic acids is 1. The van der Waals surface area contributed by atoms with Gasteiger partial charge >= 0.3 is 5.97 Å². The molecule has 1 aromatic rings. The Morgan fingerprint density at radius 2 is 2.06 bits per heavy atom. The van der Waals surface area contributed by atoms with Crippen molar-refractivity contribution in [3.8, 4) is 0 Å². The molecule has 0 radical (unpaired) electrons. The van der Waals surface area contributed by atoms with Crippen molar-refractivity contribution in [3.63, 3.8) is 0 Å². The summed E-state index contributed by atoms with van der Waals surface area (Å²) in [6.45, 7) is -0.212. The van der Waals surface area contributed by atoms with Gasteiger partial charge in [-0.05, 0) is 12.1 Å². The molecule has 0 saturated heterocycles. The maximum absolute atomic E-state index is 13.2. The molecule has 0 saturated carbocycles. The molecule has 6 nitrogen and oxygen atoms in total. The van der Waals surface area contributed by atoms with E-state index in [4.69, 9.17) is 16.6 Å². The zero-order chi connectivity index (χ0) is 12.3. The van der Waals surface area contributed by atoms with Gasteiger partial charge in [0.05, 0.1) is 23.5 Å². The number of nitrogens with one attached hydrogen (secondary N) is 1. The number of hydrogen-bond acceptors (Lipinski definition) is 4. The van der Waals surface area contributed by atoms with Crippen LogP contribution in [0, 0.1) is 5.82 Å². The van der Waals surface area contributed by atoms with Gasteiger partial charge in [0.15, 0.2) is 0 Å². The van der Waals surface area contributed by atoms with E-state index >= 15 is 0 Å². The molecule has 0 heterocycles. The lowest BCUT2D eigenvalue weighted by atomic mass is 10.1. The van der Waals surface area contributed by atoms with Crippen LogP contribution in [-0.2, 0) is 4.79 Å². The van der Waals surface area contributed by atoms with Crippen molar-refractivity contribution in [1.29, 1.82) is 0 Å². The molecule has 0 atom stereocenters. The Labute approximate surface area is 90.0 Å². The van der Waals surface area contributed by atoms with Gasteiger partial charge in [0.2, 0.25) is 5.91 Å². The molecule has 16 heavy (non-hydrogen) atoms. The molecular weight excluding hydrogens is 217 g/mol. The summed E-state index contributed by atoms with van der Waals surface area (Å²) in [6.07, 6.45) is 0. The molecule has 1 aromatic carbocycles. The van der Waals surface area contributed by atoms with Crippen LogP contribution in [-0.4, -0.2) is 23.5 Å². The first-order valence-electron chi connectivity index (χ1n) is 4.26. The topological polar surface area (TPSA) is 118 Å². The van der Waals surface area contributed by atoms with E-state index in [1.165, 1.54) is 0 Å². The van der Waals surface area contributed by atoms with Crippen molar-refractivity contribution in [2.45, 2.75) is 0 Å². The van der Waals surface area contributed by atoms with Crippen LogP contribution in [0.15, 0.2) is 12.1 Å². The third-order valence-electron chi connectivity index (χ3n) is 1.82. The standard InChI is InChI=1S/C9H10FN3O3/c10-5-2-7(13-3-8(12)14)6(11)1-4(5)9(15)16/h1-2,13H,3,11H2,(H2,12,14)(H,15,16). The number of benzene rings is 1. The zero-order valence-corrected chi connectivity index (χ0v) is 8.16. The molecule has 1 rings (SSSR count). The van der Waals surface area contributed by atoms with E-state index in [0.717, 1.165) is 12.1 Å². The average Bonchev–Trinajstić information content (AvgIpc) is 2.18. The Morgan fingerprint density at radius 1 is 1.44 bits per heavy atom. The van der Waals surface area contributed by atoms with E-state index in [-0.39, 0.29) is 17.9 Å². The summed E-state index contributed by atoms with van der Waals surface area (Å²) in [7, 11) is 0. The summed E-state index contributed by atoms with van der Waals surface area (Å²) in [6, 6.07) is 1.88. The molecular formula is C9H10FN3O3. The number of amides is 1. The van der Waals surface area contributed by atoms with E-state index in [0.29, 0.717) is 0 Å². The Morgan fingerprint density at radius 3 is 2.56 bits per heavy atom. The van der Waals surface area contributed by atoms with Crippen molar-refractivity contribution in [2.24, 2.45) is 5.73 Å². The highest BCUT2D eigenvalue weighted by atomic mass is 19.1. The lowest BCUT2D eigenvalue weighted by Gasteiger charge is -2.09. The van der Waals surface area contributed by atoms with E-state index in [2.05, 4.69) is 5.32 Å². The summed E-state index contributed by atoms with van der Waals surface area (Å²) in [5.74, 6) is -2.98. The molecule has 1 amide bonds. The second-order valence-corrected chi connectivity index (χ2v) is 3.04. The molecule has 0 aliphatic carbocycles.